The Balaban J connectivity index is 1.74. The number of rotatable bonds is 2. The van der Waals surface area contributed by atoms with Crippen LogP contribution >= 0.6 is 0 Å². The Morgan fingerprint density at radius 3 is 2.21 bits per heavy atom. The normalized spacial score (nSPS) is 29.1. The molecule has 4 atom stereocenters. The molecule has 0 aliphatic carbocycles. The summed E-state index contributed by atoms with van der Waals surface area (Å²) in [4.78, 5) is 14.3. The van der Waals surface area contributed by atoms with Crippen LogP contribution in [0.5, 0.6) is 5.75 Å². The van der Waals surface area contributed by atoms with Crippen LogP contribution in [-0.4, -0.2) is 29.0 Å². The standard InChI is InChI=1S/C18H18FN3O2/c1-22-17(11-4-8-13(23)9-5-11)14-15(20-21-16(14)18(22)24)10-2-6-12(19)7-3-10/h2-9,14-17,20-21,23H,1H3. The largest absolute Gasteiger partial charge is 0.508 e. The molecule has 0 spiro atoms. The molecule has 2 aromatic carbocycles. The van der Waals surface area contributed by atoms with Gasteiger partial charge in [0.1, 0.15) is 17.6 Å². The van der Waals surface area contributed by atoms with Gasteiger partial charge in [-0.15, -0.1) is 0 Å². The zero-order valence-corrected chi connectivity index (χ0v) is 13.1. The molecule has 0 aromatic heterocycles. The molecule has 2 heterocycles. The fourth-order valence-electron chi connectivity index (χ4n) is 3.86. The molecule has 0 bridgehead atoms. The lowest BCUT2D eigenvalue weighted by Gasteiger charge is -2.28. The van der Waals surface area contributed by atoms with Crippen molar-refractivity contribution in [1.82, 2.24) is 15.8 Å². The predicted molar refractivity (Wildman–Crippen MR) is 86.3 cm³/mol. The molecule has 124 valence electrons. The van der Waals surface area contributed by atoms with E-state index in [0.717, 1.165) is 11.1 Å². The molecule has 24 heavy (non-hydrogen) atoms. The lowest BCUT2D eigenvalue weighted by molar-refractivity contribution is -0.129. The van der Waals surface area contributed by atoms with Crippen LogP contribution in [0.4, 0.5) is 4.39 Å². The second-order valence-corrected chi connectivity index (χ2v) is 6.36. The number of likely N-dealkylation sites (tertiary alicyclic amines) is 1. The second kappa shape index (κ2) is 5.58. The van der Waals surface area contributed by atoms with E-state index in [-0.39, 0.29) is 41.5 Å². The lowest BCUT2D eigenvalue weighted by atomic mass is 9.83. The first-order valence-corrected chi connectivity index (χ1v) is 7.88. The van der Waals surface area contributed by atoms with Crippen molar-refractivity contribution in [2.45, 2.75) is 18.1 Å². The molecule has 2 aliphatic heterocycles. The summed E-state index contributed by atoms with van der Waals surface area (Å²) in [5, 5.41) is 9.52. The summed E-state index contributed by atoms with van der Waals surface area (Å²) >= 11 is 0. The maximum absolute atomic E-state index is 13.2. The summed E-state index contributed by atoms with van der Waals surface area (Å²) in [6.45, 7) is 0. The van der Waals surface area contributed by atoms with Crippen LogP contribution in [0.3, 0.4) is 0 Å². The van der Waals surface area contributed by atoms with E-state index in [1.54, 1.807) is 36.2 Å². The molecule has 0 saturated carbocycles. The molecule has 1 amide bonds. The van der Waals surface area contributed by atoms with E-state index in [0.29, 0.717) is 0 Å². The van der Waals surface area contributed by atoms with Crippen LogP contribution < -0.4 is 10.9 Å². The summed E-state index contributed by atoms with van der Waals surface area (Å²) in [6.07, 6.45) is 0. The minimum Gasteiger partial charge on any atom is -0.508 e. The van der Waals surface area contributed by atoms with E-state index in [1.807, 2.05) is 12.1 Å². The molecule has 4 rings (SSSR count). The Bertz CT molecular complexity index is 763. The Labute approximate surface area is 139 Å². The summed E-state index contributed by atoms with van der Waals surface area (Å²) in [5.41, 5.74) is 8.18. The number of halogens is 1. The number of likely N-dealkylation sites (N-methyl/N-ethyl adjacent to an activating group) is 1. The minimum absolute atomic E-state index is 0.0233. The SMILES string of the molecule is CN1C(=O)C2NNC(c3ccc(F)cc3)C2C1c1ccc(O)cc1. The number of nitrogens with one attached hydrogen (secondary N) is 2. The monoisotopic (exact) mass is 327 g/mol. The van der Waals surface area contributed by atoms with Gasteiger partial charge in [-0.05, 0) is 35.4 Å². The van der Waals surface area contributed by atoms with Crippen molar-refractivity contribution in [2.75, 3.05) is 7.05 Å². The van der Waals surface area contributed by atoms with Crippen LogP contribution in [0, 0.1) is 11.7 Å². The molecule has 6 heteroatoms. The molecule has 0 radical (unpaired) electrons. The highest BCUT2D eigenvalue weighted by molar-refractivity contribution is 5.86. The molecule has 5 nitrogen and oxygen atoms in total. The van der Waals surface area contributed by atoms with E-state index in [4.69, 9.17) is 0 Å². The smallest absolute Gasteiger partial charge is 0.241 e. The predicted octanol–water partition coefficient (Wildman–Crippen LogP) is 1.88. The Morgan fingerprint density at radius 2 is 1.54 bits per heavy atom. The fraction of sp³-hybridized carbons (Fsp3) is 0.278. The van der Waals surface area contributed by atoms with Gasteiger partial charge in [0.25, 0.3) is 0 Å². The highest BCUT2D eigenvalue weighted by Crippen LogP contribution is 2.46. The van der Waals surface area contributed by atoms with Crippen LogP contribution in [0.1, 0.15) is 23.2 Å². The molecular weight excluding hydrogens is 309 g/mol. The average Bonchev–Trinajstić information content (AvgIpc) is 3.10. The number of hydrogen-bond acceptors (Lipinski definition) is 4. The number of nitrogens with zero attached hydrogens (tertiary/aromatic N) is 1. The number of phenolic OH excluding ortho intramolecular Hbond substituents is 1. The molecule has 4 unspecified atom stereocenters. The summed E-state index contributed by atoms with van der Waals surface area (Å²) in [5.74, 6) is -0.0938. The van der Waals surface area contributed by atoms with Gasteiger partial charge in [-0.25, -0.2) is 15.2 Å². The molecule has 2 fully saturated rings. The van der Waals surface area contributed by atoms with Gasteiger partial charge in [-0.1, -0.05) is 24.3 Å². The first-order valence-electron chi connectivity index (χ1n) is 7.88. The Kier molecular flexibility index (Phi) is 3.51. The topological polar surface area (TPSA) is 64.6 Å². The zero-order valence-electron chi connectivity index (χ0n) is 13.1. The highest BCUT2D eigenvalue weighted by Gasteiger charge is 2.54. The number of hydrazine groups is 1. The van der Waals surface area contributed by atoms with E-state index in [2.05, 4.69) is 10.9 Å². The van der Waals surface area contributed by atoms with Gasteiger partial charge >= 0.3 is 0 Å². The highest BCUT2D eigenvalue weighted by atomic mass is 19.1. The fourth-order valence-corrected chi connectivity index (χ4v) is 3.86. The number of amides is 1. The van der Waals surface area contributed by atoms with Crippen molar-refractivity contribution in [2.24, 2.45) is 5.92 Å². The van der Waals surface area contributed by atoms with Crippen molar-refractivity contribution in [3.05, 3.63) is 65.5 Å². The van der Waals surface area contributed by atoms with Crippen LogP contribution in [0.15, 0.2) is 48.5 Å². The van der Waals surface area contributed by atoms with Crippen LogP contribution in [0.25, 0.3) is 0 Å². The first-order chi connectivity index (χ1) is 11.6. The van der Waals surface area contributed by atoms with Crippen molar-refractivity contribution in [3.63, 3.8) is 0 Å². The number of hydrogen-bond donors (Lipinski definition) is 3. The van der Waals surface area contributed by atoms with Gasteiger partial charge < -0.3 is 10.0 Å². The number of carbonyl (C=O) groups is 1. The lowest BCUT2D eigenvalue weighted by Crippen LogP contribution is -2.39. The molecular formula is C18H18FN3O2. The Hall–Kier alpha value is -2.44. The van der Waals surface area contributed by atoms with E-state index in [1.165, 1.54) is 12.1 Å². The first kappa shape index (κ1) is 15.1. The van der Waals surface area contributed by atoms with Crippen molar-refractivity contribution >= 4 is 5.91 Å². The number of fused-ring (bicyclic) bond motifs is 1. The summed E-state index contributed by atoms with van der Waals surface area (Å²) < 4.78 is 13.2. The van der Waals surface area contributed by atoms with Crippen molar-refractivity contribution in [3.8, 4) is 5.75 Å². The maximum atomic E-state index is 13.2. The number of aromatic hydroxyl groups is 1. The van der Waals surface area contributed by atoms with Crippen LogP contribution in [-0.2, 0) is 4.79 Å². The van der Waals surface area contributed by atoms with E-state index in [9.17, 15) is 14.3 Å². The molecule has 2 aromatic rings. The zero-order chi connectivity index (χ0) is 16.8. The molecule has 2 aliphatic rings. The van der Waals surface area contributed by atoms with Gasteiger partial charge in [0.05, 0.1) is 12.1 Å². The number of phenols is 1. The van der Waals surface area contributed by atoms with E-state index >= 15 is 0 Å². The quantitative estimate of drug-likeness (QED) is 0.788. The van der Waals surface area contributed by atoms with Gasteiger partial charge in [0.15, 0.2) is 0 Å². The Morgan fingerprint density at radius 1 is 0.958 bits per heavy atom. The third-order valence-electron chi connectivity index (χ3n) is 5.02. The third-order valence-corrected chi connectivity index (χ3v) is 5.02. The molecule has 2 saturated heterocycles. The number of benzene rings is 2. The van der Waals surface area contributed by atoms with Gasteiger partial charge in [0.2, 0.25) is 5.91 Å². The van der Waals surface area contributed by atoms with Gasteiger partial charge in [-0.2, -0.15) is 0 Å². The summed E-state index contributed by atoms with van der Waals surface area (Å²) in [7, 11) is 1.79. The van der Waals surface area contributed by atoms with E-state index < -0.39 is 0 Å². The van der Waals surface area contributed by atoms with Crippen LogP contribution in [0.2, 0.25) is 0 Å². The van der Waals surface area contributed by atoms with Crippen molar-refractivity contribution < 1.29 is 14.3 Å². The summed E-state index contributed by atoms with van der Waals surface area (Å²) in [6, 6.07) is 12.7. The van der Waals surface area contributed by atoms with Gasteiger partial charge in [-0.3, -0.25) is 4.79 Å². The van der Waals surface area contributed by atoms with Crippen molar-refractivity contribution in [1.29, 1.82) is 0 Å². The number of carbonyl (C=O) groups excluding carboxylic acids is 1. The average molecular weight is 327 g/mol. The second-order valence-electron chi connectivity index (χ2n) is 6.36. The maximum Gasteiger partial charge on any atom is 0.241 e. The third kappa shape index (κ3) is 2.26. The minimum atomic E-state index is -0.330. The van der Waals surface area contributed by atoms with Gasteiger partial charge in [0, 0.05) is 13.0 Å². The molecule has 3 N–H and O–H groups in total.